The molecule has 1 saturated carbocycles. The SMILES string of the molecule is c1ccc2c(c1)Sc1ccc(-c3ccc(-c4ccc5ccc6cccnc6c5n4)c4ccccc34)cc1C21CCCCC1. The van der Waals surface area contributed by atoms with Crippen LogP contribution in [0.25, 0.3) is 55.0 Å². The van der Waals surface area contributed by atoms with Crippen molar-refractivity contribution in [2.45, 2.75) is 47.3 Å². The largest absolute Gasteiger partial charge is 0.254 e. The van der Waals surface area contributed by atoms with E-state index in [9.17, 15) is 0 Å². The van der Waals surface area contributed by atoms with Crippen LogP contribution >= 0.6 is 11.8 Å². The van der Waals surface area contributed by atoms with E-state index in [1.54, 1.807) is 0 Å². The standard InChI is InChI=1S/C40H30N2S/c1-6-22-40(23-7-1)33-12-4-5-13-36(33)43-37-21-17-28(25-34(37)40)29-18-19-32(31-11-3-2-10-30(29)31)35-20-16-27-15-14-26-9-8-24-41-38(26)39(27)42-35/h2-5,8-21,24-25H,1,6-7,22-23H2. The molecule has 0 bridgehead atoms. The fraction of sp³-hybridized carbons (Fsp3) is 0.150. The molecule has 1 aliphatic carbocycles. The van der Waals surface area contributed by atoms with Gasteiger partial charge in [0.05, 0.1) is 16.7 Å². The Kier molecular flexibility index (Phi) is 5.71. The van der Waals surface area contributed by atoms with Crippen molar-refractivity contribution in [3.8, 4) is 22.4 Å². The maximum atomic E-state index is 5.20. The maximum Gasteiger partial charge on any atom is 0.0972 e. The van der Waals surface area contributed by atoms with Crippen LogP contribution in [-0.2, 0) is 5.41 Å². The topological polar surface area (TPSA) is 25.8 Å². The van der Waals surface area contributed by atoms with E-state index in [1.165, 1.54) is 74.9 Å². The molecule has 0 atom stereocenters. The molecule has 43 heavy (non-hydrogen) atoms. The van der Waals surface area contributed by atoms with Crippen LogP contribution < -0.4 is 0 Å². The van der Waals surface area contributed by atoms with E-state index in [-0.39, 0.29) is 5.41 Å². The van der Waals surface area contributed by atoms with Gasteiger partial charge in [-0.15, -0.1) is 0 Å². The van der Waals surface area contributed by atoms with Gasteiger partial charge in [0.2, 0.25) is 0 Å². The van der Waals surface area contributed by atoms with Gasteiger partial charge in [-0.2, -0.15) is 0 Å². The van der Waals surface area contributed by atoms with Gasteiger partial charge in [-0.25, -0.2) is 4.98 Å². The van der Waals surface area contributed by atoms with Gasteiger partial charge in [-0.05, 0) is 76.2 Å². The Balaban J connectivity index is 1.21. The summed E-state index contributed by atoms with van der Waals surface area (Å²) in [5.74, 6) is 0. The molecule has 1 aliphatic heterocycles. The molecular weight excluding hydrogens is 541 g/mol. The molecule has 1 fully saturated rings. The highest BCUT2D eigenvalue weighted by Gasteiger charge is 2.41. The van der Waals surface area contributed by atoms with Gasteiger partial charge in [0.15, 0.2) is 0 Å². The molecule has 206 valence electrons. The average molecular weight is 571 g/mol. The van der Waals surface area contributed by atoms with E-state index in [2.05, 4.69) is 114 Å². The van der Waals surface area contributed by atoms with Crippen LogP contribution in [-0.4, -0.2) is 9.97 Å². The Morgan fingerprint density at radius 2 is 1.28 bits per heavy atom. The number of hydrogen-bond donors (Lipinski definition) is 0. The predicted octanol–water partition coefficient (Wildman–Crippen LogP) is 11.0. The van der Waals surface area contributed by atoms with E-state index in [0.29, 0.717) is 0 Å². The van der Waals surface area contributed by atoms with Gasteiger partial charge < -0.3 is 0 Å². The molecular formula is C40H30N2S. The summed E-state index contributed by atoms with van der Waals surface area (Å²) in [6.45, 7) is 0. The van der Waals surface area contributed by atoms with Crippen LogP contribution in [0.3, 0.4) is 0 Å². The third-order valence-electron chi connectivity index (χ3n) is 9.77. The van der Waals surface area contributed by atoms with E-state index < -0.39 is 0 Å². The van der Waals surface area contributed by atoms with Crippen molar-refractivity contribution in [2.24, 2.45) is 0 Å². The van der Waals surface area contributed by atoms with E-state index in [0.717, 1.165) is 33.1 Å². The Labute approximate surface area is 255 Å². The zero-order valence-corrected chi connectivity index (χ0v) is 24.7. The minimum Gasteiger partial charge on any atom is -0.254 e. The Bertz CT molecular complexity index is 2210. The summed E-state index contributed by atoms with van der Waals surface area (Å²) in [6, 6.07) is 42.5. The molecule has 2 aliphatic rings. The van der Waals surface area contributed by atoms with Gasteiger partial charge in [0.1, 0.15) is 0 Å². The first-order chi connectivity index (χ1) is 21.3. The fourth-order valence-corrected chi connectivity index (χ4v) is 8.97. The first-order valence-corrected chi connectivity index (χ1v) is 16.2. The quantitative estimate of drug-likeness (QED) is 0.193. The van der Waals surface area contributed by atoms with Crippen molar-refractivity contribution in [3.63, 3.8) is 0 Å². The van der Waals surface area contributed by atoms with Crippen molar-refractivity contribution in [1.82, 2.24) is 9.97 Å². The summed E-state index contributed by atoms with van der Waals surface area (Å²) in [4.78, 5) is 12.7. The third-order valence-corrected chi connectivity index (χ3v) is 10.9. The molecule has 0 unspecified atom stereocenters. The highest BCUT2D eigenvalue weighted by atomic mass is 32.2. The highest BCUT2D eigenvalue weighted by molar-refractivity contribution is 7.99. The Morgan fingerprint density at radius 3 is 2.16 bits per heavy atom. The van der Waals surface area contributed by atoms with Crippen LogP contribution in [0.1, 0.15) is 43.2 Å². The molecule has 2 aromatic heterocycles. The van der Waals surface area contributed by atoms with Crippen LogP contribution in [0.4, 0.5) is 0 Å². The minimum absolute atomic E-state index is 0.118. The molecule has 5 aromatic carbocycles. The van der Waals surface area contributed by atoms with Crippen molar-refractivity contribution >= 4 is 44.3 Å². The lowest BCUT2D eigenvalue weighted by atomic mass is 9.64. The maximum absolute atomic E-state index is 5.20. The van der Waals surface area contributed by atoms with Gasteiger partial charge in [-0.1, -0.05) is 116 Å². The molecule has 3 heterocycles. The monoisotopic (exact) mass is 570 g/mol. The number of nitrogens with zero attached hydrogens (tertiary/aromatic N) is 2. The number of benzene rings is 5. The normalized spacial score (nSPS) is 15.5. The molecule has 9 rings (SSSR count). The summed E-state index contributed by atoms with van der Waals surface area (Å²) in [7, 11) is 0. The van der Waals surface area contributed by atoms with Crippen molar-refractivity contribution in [1.29, 1.82) is 0 Å². The van der Waals surface area contributed by atoms with Gasteiger partial charge in [-0.3, -0.25) is 4.98 Å². The van der Waals surface area contributed by atoms with Gasteiger partial charge in [0.25, 0.3) is 0 Å². The molecule has 0 N–H and O–H groups in total. The molecule has 2 nitrogen and oxygen atoms in total. The molecule has 0 radical (unpaired) electrons. The predicted molar refractivity (Wildman–Crippen MR) is 180 cm³/mol. The number of hydrogen-bond acceptors (Lipinski definition) is 3. The molecule has 0 saturated heterocycles. The summed E-state index contributed by atoms with van der Waals surface area (Å²) in [5, 5.41) is 4.72. The number of aromatic nitrogens is 2. The molecule has 3 heteroatoms. The van der Waals surface area contributed by atoms with Crippen LogP contribution in [0.2, 0.25) is 0 Å². The first-order valence-electron chi connectivity index (χ1n) is 15.4. The second kappa shape index (κ2) is 9.79. The average Bonchev–Trinajstić information content (AvgIpc) is 3.08. The lowest BCUT2D eigenvalue weighted by Gasteiger charge is -2.43. The fourth-order valence-electron chi connectivity index (χ4n) is 7.72. The zero-order valence-electron chi connectivity index (χ0n) is 23.9. The summed E-state index contributed by atoms with van der Waals surface area (Å²) in [5.41, 5.74) is 9.80. The lowest BCUT2D eigenvalue weighted by molar-refractivity contribution is 0.335. The van der Waals surface area contributed by atoms with E-state index in [4.69, 9.17) is 4.98 Å². The number of fused-ring (bicyclic) bond motifs is 8. The first kappa shape index (κ1) is 25.1. The molecule has 7 aromatic rings. The number of rotatable bonds is 2. The zero-order chi connectivity index (χ0) is 28.4. The summed E-state index contributed by atoms with van der Waals surface area (Å²) in [6.07, 6.45) is 8.25. The minimum atomic E-state index is 0.118. The number of pyridine rings is 2. The van der Waals surface area contributed by atoms with Crippen LogP contribution in [0.5, 0.6) is 0 Å². The Hall–Kier alpha value is -4.47. The van der Waals surface area contributed by atoms with Crippen molar-refractivity contribution in [3.05, 3.63) is 133 Å². The van der Waals surface area contributed by atoms with Crippen molar-refractivity contribution < 1.29 is 0 Å². The van der Waals surface area contributed by atoms with E-state index in [1.807, 2.05) is 24.0 Å². The third kappa shape index (κ3) is 3.88. The van der Waals surface area contributed by atoms with Crippen LogP contribution in [0.15, 0.2) is 131 Å². The van der Waals surface area contributed by atoms with Gasteiger partial charge in [0, 0.05) is 37.7 Å². The van der Waals surface area contributed by atoms with Crippen molar-refractivity contribution in [2.75, 3.05) is 0 Å². The van der Waals surface area contributed by atoms with E-state index >= 15 is 0 Å². The molecule has 0 amide bonds. The smallest absolute Gasteiger partial charge is 0.0972 e. The van der Waals surface area contributed by atoms with Gasteiger partial charge >= 0.3 is 0 Å². The second-order valence-corrected chi connectivity index (χ2v) is 13.2. The molecule has 1 spiro atoms. The summed E-state index contributed by atoms with van der Waals surface area (Å²) >= 11 is 1.95. The van der Waals surface area contributed by atoms with Crippen LogP contribution in [0, 0.1) is 0 Å². The Morgan fingerprint density at radius 1 is 0.558 bits per heavy atom. The second-order valence-electron chi connectivity index (χ2n) is 12.1. The highest BCUT2D eigenvalue weighted by Crippen LogP contribution is 2.56. The lowest BCUT2D eigenvalue weighted by Crippen LogP contribution is -2.33. The summed E-state index contributed by atoms with van der Waals surface area (Å²) < 4.78 is 0.